The van der Waals surface area contributed by atoms with Crippen LogP contribution in [0.4, 0.5) is 5.82 Å². The normalized spacial score (nSPS) is 29.5. The molecule has 1 atom stereocenters. The van der Waals surface area contributed by atoms with Gasteiger partial charge in [0.15, 0.2) is 0 Å². The van der Waals surface area contributed by atoms with Crippen molar-refractivity contribution in [3.05, 3.63) is 18.6 Å². The van der Waals surface area contributed by atoms with Crippen molar-refractivity contribution in [1.29, 1.82) is 0 Å². The van der Waals surface area contributed by atoms with E-state index in [4.69, 9.17) is 0 Å². The van der Waals surface area contributed by atoms with E-state index in [2.05, 4.69) is 20.2 Å². The summed E-state index contributed by atoms with van der Waals surface area (Å²) < 4.78 is 0. The Bertz CT molecular complexity index is 353. The molecule has 92 valence electrons. The van der Waals surface area contributed by atoms with Crippen molar-refractivity contribution >= 4 is 5.82 Å². The summed E-state index contributed by atoms with van der Waals surface area (Å²) in [5.41, 5.74) is 0.480. The second-order valence-corrected chi connectivity index (χ2v) is 5.37. The zero-order chi connectivity index (χ0) is 11.6. The van der Waals surface area contributed by atoms with Crippen molar-refractivity contribution in [2.75, 3.05) is 31.1 Å². The number of hydrogen-bond acceptors (Lipinski definition) is 4. The van der Waals surface area contributed by atoms with Crippen molar-refractivity contribution in [1.82, 2.24) is 15.3 Å². The van der Waals surface area contributed by atoms with Gasteiger partial charge in [-0.2, -0.15) is 0 Å². The Kier molecular flexibility index (Phi) is 2.97. The van der Waals surface area contributed by atoms with E-state index >= 15 is 0 Å². The molecule has 1 N–H and O–H groups in total. The van der Waals surface area contributed by atoms with Gasteiger partial charge in [0.25, 0.3) is 0 Å². The summed E-state index contributed by atoms with van der Waals surface area (Å²) in [6, 6.07) is 0. The van der Waals surface area contributed by atoms with Crippen LogP contribution < -0.4 is 10.2 Å². The van der Waals surface area contributed by atoms with E-state index in [1.807, 2.05) is 6.20 Å². The lowest BCUT2D eigenvalue weighted by atomic mass is 9.74. The molecule has 0 amide bonds. The maximum atomic E-state index is 4.42. The van der Waals surface area contributed by atoms with Gasteiger partial charge in [-0.15, -0.1) is 0 Å². The van der Waals surface area contributed by atoms with Crippen LogP contribution in [0.1, 0.15) is 25.7 Å². The maximum absolute atomic E-state index is 4.42. The van der Waals surface area contributed by atoms with Gasteiger partial charge < -0.3 is 10.2 Å². The molecule has 0 saturated carbocycles. The average Bonchev–Trinajstić information content (AvgIpc) is 2.41. The highest BCUT2D eigenvalue weighted by molar-refractivity contribution is 5.36. The Balaban J connectivity index is 1.75. The predicted molar refractivity (Wildman–Crippen MR) is 68.0 cm³/mol. The molecule has 3 rings (SSSR count). The van der Waals surface area contributed by atoms with E-state index in [1.165, 1.54) is 38.8 Å². The number of rotatable bonds is 1. The van der Waals surface area contributed by atoms with E-state index in [0.29, 0.717) is 5.41 Å². The predicted octanol–water partition coefficient (Wildman–Crippen LogP) is 1.45. The van der Waals surface area contributed by atoms with Gasteiger partial charge in [0.05, 0.1) is 6.20 Å². The van der Waals surface area contributed by atoms with Crippen LogP contribution in [-0.2, 0) is 0 Å². The second-order valence-electron chi connectivity index (χ2n) is 5.37. The summed E-state index contributed by atoms with van der Waals surface area (Å²) in [6.07, 6.45) is 10.7. The first-order valence-corrected chi connectivity index (χ1v) is 6.60. The Morgan fingerprint density at radius 2 is 2.18 bits per heavy atom. The molecule has 4 nitrogen and oxygen atoms in total. The minimum Gasteiger partial charge on any atom is -0.355 e. The Hall–Kier alpha value is -1.16. The molecule has 17 heavy (non-hydrogen) atoms. The molecule has 2 aliphatic rings. The lowest BCUT2D eigenvalue weighted by molar-refractivity contribution is 0.173. The van der Waals surface area contributed by atoms with Crippen molar-refractivity contribution in [3.8, 4) is 0 Å². The van der Waals surface area contributed by atoms with Crippen LogP contribution in [0.3, 0.4) is 0 Å². The highest BCUT2D eigenvalue weighted by Crippen LogP contribution is 2.36. The molecule has 3 heterocycles. The number of nitrogens with one attached hydrogen (secondary N) is 1. The standard InChI is InChI=1S/C13H20N4/c1-3-13(10-15-5-1)4-2-8-17(11-13)12-9-14-6-7-16-12/h6-7,9,15H,1-5,8,10-11H2. The molecule has 0 aliphatic carbocycles. The van der Waals surface area contributed by atoms with Gasteiger partial charge in [-0.3, -0.25) is 4.98 Å². The van der Waals surface area contributed by atoms with Crippen LogP contribution in [0.5, 0.6) is 0 Å². The van der Waals surface area contributed by atoms with Gasteiger partial charge in [-0.1, -0.05) is 0 Å². The largest absolute Gasteiger partial charge is 0.355 e. The number of nitrogens with zero attached hydrogens (tertiary/aromatic N) is 3. The fourth-order valence-corrected chi connectivity index (χ4v) is 3.24. The molecular weight excluding hydrogens is 212 g/mol. The Labute approximate surface area is 102 Å². The van der Waals surface area contributed by atoms with E-state index in [-0.39, 0.29) is 0 Å². The molecule has 1 unspecified atom stereocenters. The lowest BCUT2D eigenvalue weighted by Crippen LogP contribution is -2.51. The van der Waals surface area contributed by atoms with Crippen LogP contribution in [0.2, 0.25) is 0 Å². The lowest BCUT2D eigenvalue weighted by Gasteiger charge is -2.45. The van der Waals surface area contributed by atoms with Crippen molar-refractivity contribution in [3.63, 3.8) is 0 Å². The first-order valence-electron chi connectivity index (χ1n) is 6.60. The van der Waals surface area contributed by atoms with Gasteiger partial charge in [0.1, 0.15) is 5.82 Å². The fraction of sp³-hybridized carbons (Fsp3) is 0.692. The van der Waals surface area contributed by atoms with Crippen LogP contribution >= 0.6 is 0 Å². The minimum atomic E-state index is 0.480. The third kappa shape index (κ3) is 2.27. The third-order valence-corrected chi connectivity index (χ3v) is 4.10. The highest BCUT2D eigenvalue weighted by Gasteiger charge is 2.36. The first-order chi connectivity index (χ1) is 8.38. The third-order valence-electron chi connectivity index (χ3n) is 4.10. The molecule has 1 spiro atoms. The van der Waals surface area contributed by atoms with E-state index in [0.717, 1.165) is 18.9 Å². The minimum absolute atomic E-state index is 0.480. The van der Waals surface area contributed by atoms with Crippen molar-refractivity contribution in [2.24, 2.45) is 5.41 Å². The van der Waals surface area contributed by atoms with Crippen molar-refractivity contribution < 1.29 is 0 Å². The van der Waals surface area contributed by atoms with Crippen LogP contribution in [0.25, 0.3) is 0 Å². The number of anilines is 1. The van der Waals surface area contributed by atoms with Gasteiger partial charge >= 0.3 is 0 Å². The maximum Gasteiger partial charge on any atom is 0.147 e. The molecule has 1 aromatic rings. The Morgan fingerprint density at radius 3 is 2.94 bits per heavy atom. The van der Waals surface area contributed by atoms with Gasteiger partial charge in [-0.25, -0.2) is 4.98 Å². The molecule has 4 heteroatoms. The van der Waals surface area contributed by atoms with Gasteiger partial charge in [-0.05, 0) is 32.2 Å². The monoisotopic (exact) mass is 232 g/mol. The van der Waals surface area contributed by atoms with Gasteiger partial charge in [0, 0.05) is 37.4 Å². The molecular formula is C13H20N4. The molecule has 0 radical (unpaired) electrons. The molecule has 0 aromatic carbocycles. The number of aromatic nitrogens is 2. The van der Waals surface area contributed by atoms with Crippen LogP contribution in [0.15, 0.2) is 18.6 Å². The summed E-state index contributed by atoms with van der Waals surface area (Å²) in [4.78, 5) is 11.0. The van der Waals surface area contributed by atoms with Crippen LogP contribution in [-0.4, -0.2) is 36.1 Å². The van der Waals surface area contributed by atoms with Gasteiger partial charge in [0.2, 0.25) is 0 Å². The average molecular weight is 232 g/mol. The molecule has 2 aliphatic heterocycles. The zero-order valence-electron chi connectivity index (χ0n) is 10.2. The topological polar surface area (TPSA) is 41.1 Å². The number of piperidine rings is 2. The summed E-state index contributed by atoms with van der Waals surface area (Å²) in [7, 11) is 0. The zero-order valence-corrected chi connectivity index (χ0v) is 10.2. The first kappa shape index (κ1) is 11.0. The van der Waals surface area contributed by atoms with E-state index in [1.54, 1.807) is 12.4 Å². The smallest absolute Gasteiger partial charge is 0.147 e. The van der Waals surface area contributed by atoms with E-state index in [9.17, 15) is 0 Å². The second kappa shape index (κ2) is 4.61. The SMILES string of the molecule is c1cnc(N2CCCC3(CCCNC3)C2)cn1. The summed E-state index contributed by atoms with van der Waals surface area (Å²) in [5, 5.41) is 3.55. The van der Waals surface area contributed by atoms with E-state index < -0.39 is 0 Å². The molecule has 2 saturated heterocycles. The molecule has 1 aromatic heterocycles. The number of hydrogen-bond donors (Lipinski definition) is 1. The quantitative estimate of drug-likeness (QED) is 0.795. The summed E-state index contributed by atoms with van der Waals surface area (Å²) >= 11 is 0. The Morgan fingerprint density at radius 1 is 1.24 bits per heavy atom. The van der Waals surface area contributed by atoms with Crippen LogP contribution in [0, 0.1) is 5.41 Å². The van der Waals surface area contributed by atoms with Crippen molar-refractivity contribution in [2.45, 2.75) is 25.7 Å². The highest BCUT2D eigenvalue weighted by atomic mass is 15.2. The molecule has 0 bridgehead atoms. The summed E-state index contributed by atoms with van der Waals surface area (Å²) in [5.74, 6) is 1.04. The fourth-order valence-electron chi connectivity index (χ4n) is 3.24. The summed E-state index contributed by atoms with van der Waals surface area (Å²) in [6.45, 7) is 4.62. The molecule has 2 fully saturated rings.